The molecule has 0 radical (unpaired) electrons. The summed E-state index contributed by atoms with van der Waals surface area (Å²) in [6.07, 6.45) is 0. The van der Waals surface area contributed by atoms with E-state index < -0.39 is 0 Å². The van der Waals surface area contributed by atoms with Crippen LogP contribution in [0.25, 0.3) is 0 Å². The van der Waals surface area contributed by atoms with Gasteiger partial charge < -0.3 is 10.6 Å². The van der Waals surface area contributed by atoms with E-state index in [4.69, 9.17) is 0 Å². The van der Waals surface area contributed by atoms with Gasteiger partial charge in [0.05, 0.1) is 17.9 Å². The minimum Gasteiger partial charge on any atom is -0.365 e. The van der Waals surface area contributed by atoms with Crippen molar-refractivity contribution in [2.24, 2.45) is 0 Å². The topological polar surface area (TPSA) is 78.9 Å². The first-order valence-electron chi connectivity index (χ1n) is 5.26. The van der Waals surface area contributed by atoms with Gasteiger partial charge >= 0.3 is 6.03 Å². The molecule has 3 N–H and O–H groups in total. The summed E-state index contributed by atoms with van der Waals surface area (Å²) in [6, 6.07) is -0.275. The largest absolute Gasteiger partial charge is 0.365 e. The maximum Gasteiger partial charge on any atom is 0.321 e. The van der Waals surface area contributed by atoms with E-state index in [1.165, 1.54) is 22.7 Å². The van der Waals surface area contributed by atoms with Gasteiger partial charge in [0.25, 0.3) is 0 Å². The van der Waals surface area contributed by atoms with Crippen LogP contribution in [-0.2, 0) is 6.54 Å². The predicted molar refractivity (Wildman–Crippen MR) is 74.4 cm³/mol. The zero-order valence-corrected chi connectivity index (χ0v) is 11.6. The van der Waals surface area contributed by atoms with Crippen molar-refractivity contribution in [1.29, 1.82) is 0 Å². The standard InChI is InChI=1S/C10H13N5OS2/c1-6-4-17-10(13-6)15-8(16)12-3-7-5-18-9(11-2)14-7/h4-5H,3H2,1-2H3,(H,11,14)(H2,12,13,15,16). The highest BCUT2D eigenvalue weighted by Crippen LogP contribution is 2.15. The van der Waals surface area contributed by atoms with Crippen LogP contribution in [0, 0.1) is 6.92 Å². The second-order valence-corrected chi connectivity index (χ2v) is 5.21. The Bertz CT molecular complexity index is 536. The maximum atomic E-state index is 11.6. The molecule has 2 amide bonds. The number of hydrogen-bond donors (Lipinski definition) is 3. The zero-order chi connectivity index (χ0) is 13.0. The number of thiazole rings is 2. The van der Waals surface area contributed by atoms with Gasteiger partial charge in [-0.15, -0.1) is 22.7 Å². The van der Waals surface area contributed by atoms with Crippen LogP contribution < -0.4 is 16.0 Å². The number of rotatable bonds is 4. The lowest BCUT2D eigenvalue weighted by Gasteiger charge is -2.03. The third-order valence-electron chi connectivity index (χ3n) is 2.04. The molecule has 0 unspecified atom stereocenters. The monoisotopic (exact) mass is 283 g/mol. The van der Waals surface area contributed by atoms with Crippen molar-refractivity contribution in [3.63, 3.8) is 0 Å². The lowest BCUT2D eigenvalue weighted by molar-refractivity contribution is 0.251. The molecule has 0 aliphatic rings. The smallest absolute Gasteiger partial charge is 0.321 e. The Morgan fingerprint density at radius 3 is 2.67 bits per heavy atom. The molecule has 8 heteroatoms. The number of carbonyl (C=O) groups is 1. The van der Waals surface area contributed by atoms with Crippen molar-refractivity contribution in [1.82, 2.24) is 15.3 Å². The molecule has 2 rings (SSSR count). The average Bonchev–Trinajstić information content (AvgIpc) is 2.95. The molecule has 0 aromatic carbocycles. The molecule has 0 aliphatic carbocycles. The molecule has 6 nitrogen and oxygen atoms in total. The van der Waals surface area contributed by atoms with Gasteiger partial charge in [-0.25, -0.2) is 14.8 Å². The summed E-state index contributed by atoms with van der Waals surface area (Å²) >= 11 is 2.90. The van der Waals surface area contributed by atoms with E-state index in [0.717, 1.165) is 16.5 Å². The van der Waals surface area contributed by atoms with Crippen LogP contribution in [0.2, 0.25) is 0 Å². The number of nitrogens with one attached hydrogen (secondary N) is 3. The van der Waals surface area contributed by atoms with Crippen molar-refractivity contribution >= 4 is 39.0 Å². The highest BCUT2D eigenvalue weighted by atomic mass is 32.1. The fraction of sp³-hybridized carbons (Fsp3) is 0.300. The fourth-order valence-corrected chi connectivity index (χ4v) is 2.58. The minimum absolute atomic E-state index is 0.275. The molecule has 0 fully saturated rings. The van der Waals surface area contributed by atoms with Crippen molar-refractivity contribution in [3.05, 3.63) is 22.1 Å². The number of carbonyl (C=O) groups excluding carboxylic acids is 1. The molecule has 0 aliphatic heterocycles. The van der Waals surface area contributed by atoms with E-state index in [1.807, 2.05) is 24.7 Å². The Morgan fingerprint density at radius 1 is 1.28 bits per heavy atom. The Hall–Kier alpha value is -1.67. The number of aromatic nitrogens is 2. The second kappa shape index (κ2) is 5.78. The Morgan fingerprint density at radius 2 is 2.06 bits per heavy atom. The van der Waals surface area contributed by atoms with E-state index in [-0.39, 0.29) is 6.03 Å². The quantitative estimate of drug-likeness (QED) is 0.804. The van der Waals surface area contributed by atoms with E-state index in [2.05, 4.69) is 25.9 Å². The Kier molecular flexibility index (Phi) is 4.11. The summed E-state index contributed by atoms with van der Waals surface area (Å²) in [5, 5.41) is 13.6. The zero-order valence-electron chi connectivity index (χ0n) is 9.98. The molecule has 0 atom stereocenters. The molecule has 0 bridgehead atoms. The van der Waals surface area contributed by atoms with Gasteiger partial charge in [-0.3, -0.25) is 5.32 Å². The van der Waals surface area contributed by atoms with Crippen molar-refractivity contribution in [2.45, 2.75) is 13.5 Å². The molecule has 0 saturated heterocycles. The minimum atomic E-state index is -0.275. The van der Waals surface area contributed by atoms with Crippen molar-refractivity contribution in [3.8, 4) is 0 Å². The summed E-state index contributed by atoms with van der Waals surface area (Å²) in [4.78, 5) is 20.0. The molecule has 96 valence electrons. The van der Waals surface area contributed by atoms with Crippen molar-refractivity contribution < 1.29 is 4.79 Å². The van der Waals surface area contributed by atoms with E-state index in [0.29, 0.717) is 11.7 Å². The number of amides is 2. The molecule has 0 spiro atoms. The molecular formula is C10H13N5OS2. The summed E-state index contributed by atoms with van der Waals surface area (Å²) in [6.45, 7) is 2.28. The van der Waals surface area contributed by atoms with Gasteiger partial charge in [-0.2, -0.15) is 0 Å². The van der Waals surface area contributed by atoms with Gasteiger partial charge in [-0.1, -0.05) is 0 Å². The van der Waals surface area contributed by atoms with Gasteiger partial charge in [0.1, 0.15) is 0 Å². The first kappa shape index (κ1) is 12.8. The highest BCUT2D eigenvalue weighted by molar-refractivity contribution is 7.14. The maximum absolute atomic E-state index is 11.6. The van der Waals surface area contributed by atoms with Crippen LogP contribution in [0.5, 0.6) is 0 Å². The molecular weight excluding hydrogens is 270 g/mol. The summed E-state index contributed by atoms with van der Waals surface area (Å²) in [5.41, 5.74) is 1.73. The number of anilines is 2. The second-order valence-electron chi connectivity index (χ2n) is 3.50. The molecule has 18 heavy (non-hydrogen) atoms. The van der Waals surface area contributed by atoms with Crippen LogP contribution in [0.15, 0.2) is 10.8 Å². The number of nitrogens with zero attached hydrogens (tertiary/aromatic N) is 2. The average molecular weight is 283 g/mol. The molecule has 2 aromatic rings. The Labute approximate surface area is 112 Å². The van der Waals surface area contributed by atoms with Crippen LogP contribution in [0.4, 0.5) is 15.1 Å². The number of urea groups is 1. The van der Waals surface area contributed by atoms with Crippen molar-refractivity contribution in [2.75, 3.05) is 17.7 Å². The van der Waals surface area contributed by atoms with Gasteiger partial charge in [0.2, 0.25) is 0 Å². The predicted octanol–water partition coefficient (Wildman–Crippen LogP) is 2.27. The first-order valence-corrected chi connectivity index (χ1v) is 7.02. The van der Waals surface area contributed by atoms with Crippen LogP contribution in [-0.4, -0.2) is 23.0 Å². The fourth-order valence-electron chi connectivity index (χ4n) is 1.23. The lowest BCUT2D eigenvalue weighted by Crippen LogP contribution is -2.28. The van der Waals surface area contributed by atoms with E-state index in [9.17, 15) is 4.79 Å². The third-order valence-corrected chi connectivity index (χ3v) is 3.82. The summed E-state index contributed by atoms with van der Waals surface area (Å²) in [5.74, 6) is 0. The van der Waals surface area contributed by atoms with Gasteiger partial charge in [0, 0.05) is 17.8 Å². The number of aryl methyl sites for hydroxylation is 1. The van der Waals surface area contributed by atoms with Crippen LogP contribution in [0.1, 0.15) is 11.4 Å². The van der Waals surface area contributed by atoms with Crippen LogP contribution in [0.3, 0.4) is 0 Å². The van der Waals surface area contributed by atoms with Crippen LogP contribution >= 0.6 is 22.7 Å². The third kappa shape index (κ3) is 3.41. The first-order chi connectivity index (χ1) is 8.67. The molecule has 2 aromatic heterocycles. The number of hydrogen-bond acceptors (Lipinski definition) is 6. The van der Waals surface area contributed by atoms with Gasteiger partial charge in [-0.05, 0) is 6.92 Å². The normalized spacial score (nSPS) is 10.1. The SMILES string of the molecule is CNc1nc(CNC(=O)Nc2nc(C)cs2)cs1. The lowest BCUT2D eigenvalue weighted by atomic mass is 10.5. The molecule has 2 heterocycles. The highest BCUT2D eigenvalue weighted by Gasteiger charge is 2.06. The summed E-state index contributed by atoms with van der Waals surface area (Å²) < 4.78 is 0. The Balaban J connectivity index is 1.81. The van der Waals surface area contributed by atoms with E-state index >= 15 is 0 Å². The summed E-state index contributed by atoms with van der Waals surface area (Å²) in [7, 11) is 1.81. The van der Waals surface area contributed by atoms with Gasteiger partial charge in [0.15, 0.2) is 10.3 Å². The van der Waals surface area contributed by atoms with E-state index in [1.54, 1.807) is 0 Å². The molecule has 0 saturated carbocycles.